The van der Waals surface area contributed by atoms with Gasteiger partial charge in [0.1, 0.15) is 0 Å². The van der Waals surface area contributed by atoms with Gasteiger partial charge in [-0.2, -0.15) is 0 Å². The Kier molecular flexibility index (Phi) is 4.55. The fraction of sp³-hybridized carbons (Fsp3) is 0.611. The fourth-order valence-corrected chi connectivity index (χ4v) is 3.81. The fourth-order valence-electron chi connectivity index (χ4n) is 3.81. The molecule has 1 saturated carbocycles. The number of aryl methyl sites for hydroxylation is 1. The van der Waals surface area contributed by atoms with Gasteiger partial charge in [-0.15, -0.1) is 0 Å². The van der Waals surface area contributed by atoms with E-state index in [4.69, 9.17) is 9.47 Å². The van der Waals surface area contributed by atoms with Crippen molar-refractivity contribution in [1.29, 1.82) is 0 Å². The van der Waals surface area contributed by atoms with Crippen molar-refractivity contribution < 1.29 is 14.3 Å². The Hall–Kier alpha value is -1.71. The van der Waals surface area contributed by atoms with Crippen LogP contribution >= 0.6 is 0 Å². The molecule has 1 aromatic rings. The highest BCUT2D eigenvalue weighted by Crippen LogP contribution is 2.41. The maximum atomic E-state index is 12.3. The second-order valence-corrected chi connectivity index (χ2v) is 6.39. The molecule has 120 valence electrons. The van der Waals surface area contributed by atoms with Crippen molar-refractivity contribution in [3.63, 3.8) is 0 Å². The van der Waals surface area contributed by atoms with E-state index in [1.807, 2.05) is 0 Å². The van der Waals surface area contributed by atoms with Crippen molar-refractivity contribution in [2.45, 2.75) is 56.9 Å². The van der Waals surface area contributed by atoms with E-state index >= 15 is 0 Å². The molecule has 4 heteroatoms. The van der Waals surface area contributed by atoms with Gasteiger partial charge in [0.25, 0.3) is 0 Å². The first-order valence-corrected chi connectivity index (χ1v) is 8.25. The molecule has 1 unspecified atom stereocenters. The highest BCUT2D eigenvalue weighted by atomic mass is 16.5. The lowest BCUT2D eigenvalue weighted by Crippen LogP contribution is -2.33. The van der Waals surface area contributed by atoms with Crippen molar-refractivity contribution in [2.24, 2.45) is 0 Å². The average Bonchev–Trinajstić information content (AvgIpc) is 3.16. The number of fused-ring (bicyclic) bond motifs is 1. The number of ether oxygens (including phenoxy) is 2. The molecule has 0 heterocycles. The van der Waals surface area contributed by atoms with Crippen LogP contribution in [-0.4, -0.2) is 26.2 Å². The minimum Gasteiger partial charge on any atom is -0.493 e. The normalized spacial score (nSPS) is 20.7. The number of amides is 1. The first-order chi connectivity index (χ1) is 10.7. The van der Waals surface area contributed by atoms with E-state index in [1.165, 1.54) is 24.0 Å². The lowest BCUT2D eigenvalue weighted by molar-refractivity contribution is -0.122. The standard InChI is InChI=1S/C18H25NO3/c1-21-16-9-12-7-8-13(15(12)11-17(16)22-2)10-18(20)19-14-5-3-4-6-14/h9,11,13-14H,3-8,10H2,1-2H3,(H,19,20). The van der Waals surface area contributed by atoms with E-state index < -0.39 is 0 Å². The van der Waals surface area contributed by atoms with Crippen molar-refractivity contribution in [3.05, 3.63) is 23.3 Å². The number of methoxy groups -OCH3 is 2. The van der Waals surface area contributed by atoms with Crippen LogP contribution in [-0.2, 0) is 11.2 Å². The van der Waals surface area contributed by atoms with Crippen LogP contribution in [0, 0.1) is 0 Å². The van der Waals surface area contributed by atoms with Crippen LogP contribution in [0.4, 0.5) is 0 Å². The maximum absolute atomic E-state index is 12.3. The van der Waals surface area contributed by atoms with E-state index in [0.29, 0.717) is 18.4 Å². The summed E-state index contributed by atoms with van der Waals surface area (Å²) < 4.78 is 10.8. The molecule has 1 amide bonds. The van der Waals surface area contributed by atoms with Gasteiger partial charge in [-0.1, -0.05) is 12.8 Å². The van der Waals surface area contributed by atoms with Gasteiger partial charge >= 0.3 is 0 Å². The third kappa shape index (κ3) is 3.06. The van der Waals surface area contributed by atoms with Gasteiger partial charge in [0.2, 0.25) is 5.91 Å². The lowest BCUT2D eigenvalue weighted by atomic mass is 9.96. The molecule has 2 aliphatic carbocycles. The molecule has 0 aliphatic heterocycles. The number of hydrogen-bond acceptors (Lipinski definition) is 3. The summed E-state index contributed by atoms with van der Waals surface area (Å²) in [6, 6.07) is 4.51. The van der Waals surface area contributed by atoms with Crippen molar-refractivity contribution in [3.8, 4) is 11.5 Å². The van der Waals surface area contributed by atoms with E-state index in [-0.39, 0.29) is 5.91 Å². The molecule has 0 aromatic heterocycles. The molecule has 22 heavy (non-hydrogen) atoms. The molecule has 2 aliphatic rings. The van der Waals surface area contributed by atoms with E-state index in [2.05, 4.69) is 17.4 Å². The van der Waals surface area contributed by atoms with E-state index in [9.17, 15) is 4.79 Å². The predicted octanol–water partition coefficient (Wildman–Crippen LogP) is 3.18. The third-order valence-corrected chi connectivity index (χ3v) is 5.00. The second kappa shape index (κ2) is 6.59. The number of hydrogen-bond donors (Lipinski definition) is 1. The van der Waals surface area contributed by atoms with E-state index in [1.54, 1.807) is 14.2 Å². The molecule has 1 atom stereocenters. The van der Waals surface area contributed by atoms with Crippen molar-refractivity contribution in [1.82, 2.24) is 5.32 Å². The summed E-state index contributed by atoms with van der Waals surface area (Å²) in [6.07, 6.45) is 7.39. The zero-order valence-electron chi connectivity index (χ0n) is 13.5. The molecular weight excluding hydrogens is 278 g/mol. The van der Waals surface area contributed by atoms with Gasteiger partial charge in [-0.25, -0.2) is 0 Å². The number of nitrogens with one attached hydrogen (secondary N) is 1. The molecule has 0 spiro atoms. The smallest absolute Gasteiger partial charge is 0.220 e. The molecule has 3 rings (SSSR count). The molecule has 1 N–H and O–H groups in total. The highest BCUT2D eigenvalue weighted by Gasteiger charge is 2.28. The Balaban J connectivity index is 1.69. The summed E-state index contributed by atoms with van der Waals surface area (Å²) in [5.74, 6) is 2.03. The Morgan fingerprint density at radius 3 is 2.50 bits per heavy atom. The number of benzene rings is 1. The summed E-state index contributed by atoms with van der Waals surface area (Å²) in [6.45, 7) is 0. The second-order valence-electron chi connectivity index (χ2n) is 6.39. The molecule has 0 saturated heterocycles. The van der Waals surface area contributed by atoms with Gasteiger partial charge < -0.3 is 14.8 Å². The van der Waals surface area contributed by atoms with Crippen molar-refractivity contribution >= 4 is 5.91 Å². The summed E-state index contributed by atoms with van der Waals surface area (Å²) in [5, 5.41) is 3.19. The number of carbonyl (C=O) groups excluding carboxylic acids is 1. The molecule has 0 radical (unpaired) electrons. The first-order valence-electron chi connectivity index (χ1n) is 8.25. The zero-order valence-corrected chi connectivity index (χ0v) is 13.5. The average molecular weight is 303 g/mol. The lowest BCUT2D eigenvalue weighted by Gasteiger charge is -2.16. The molecule has 0 bridgehead atoms. The summed E-state index contributed by atoms with van der Waals surface area (Å²) in [7, 11) is 3.31. The van der Waals surface area contributed by atoms with Crippen LogP contribution in [0.3, 0.4) is 0 Å². The Morgan fingerprint density at radius 1 is 1.14 bits per heavy atom. The topological polar surface area (TPSA) is 47.6 Å². The predicted molar refractivity (Wildman–Crippen MR) is 85.6 cm³/mol. The summed E-state index contributed by atoms with van der Waals surface area (Å²) >= 11 is 0. The van der Waals surface area contributed by atoms with Crippen molar-refractivity contribution in [2.75, 3.05) is 14.2 Å². The number of rotatable bonds is 5. The Bertz CT molecular complexity index is 550. The third-order valence-electron chi connectivity index (χ3n) is 5.00. The molecule has 1 aromatic carbocycles. The number of carbonyl (C=O) groups is 1. The quantitative estimate of drug-likeness (QED) is 0.909. The van der Waals surface area contributed by atoms with Gasteiger partial charge in [0, 0.05) is 12.5 Å². The molecule has 4 nitrogen and oxygen atoms in total. The SMILES string of the molecule is COc1cc2c(cc1OC)C(CC(=O)NC1CCCC1)CC2. The summed E-state index contributed by atoms with van der Waals surface area (Å²) in [4.78, 5) is 12.3. The first kappa shape index (κ1) is 15.2. The minimum atomic E-state index is 0.194. The molecular formula is C18H25NO3. The Morgan fingerprint density at radius 2 is 1.82 bits per heavy atom. The molecule has 1 fully saturated rings. The largest absolute Gasteiger partial charge is 0.493 e. The summed E-state index contributed by atoms with van der Waals surface area (Å²) in [5.41, 5.74) is 2.54. The monoisotopic (exact) mass is 303 g/mol. The van der Waals surface area contributed by atoms with Gasteiger partial charge in [-0.05, 0) is 54.9 Å². The van der Waals surface area contributed by atoms with Crippen LogP contribution in [0.5, 0.6) is 11.5 Å². The van der Waals surface area contributed by atoms with Gasteiger partial charge in [-0.3, -0.25) is 4.79 Å². The highest BCUT2D eigenvalue weighted by molar-refractivity contribution is 5.77. The van der Waals surface area contributed by atoms with Gasteiger partial charge in [0.05, 0.1) is 14.2 Å². The van der Waals surface area contributed by atoms with Crippen LogP contribution in [0.1, 0.15) is 55.6 Å². The Labute approximate surface area is 132 Å². The maximum Gasteiger partial charge on any atom is 0.220 e. The van der Waals surface area contributed by atoms with E-state index in [0.717, 1.165) is 37.2 Å². The zero-order chi connectivity index (χ0) is 15.5. The van der Waals surface area contributed by atoms with Crippen LogP contribution in [0.2, 0.25) is 0 Å². The van der Waals surface area contributed by atoms with Gasteiger partial charge in [0.15, 0.2) is 11.5 Å². The van der Waals surface area contributed by atoms with Crippen LogP contribution < -0.4 is 14.8 Å². The minimum absolute atomic E-state index is 0.194. The van der Waals surface area contributed by atoms with Crippen LogP contribution in [0.25, 0.3) is 0 Å². The van der Waals surface area contributed by atoms with Crippen LogP contribution in [0.15, 0.2) is 12.1 Å².